The third-order valence-electron chi connectivity index (χ3n) is 3.77. The molecule has 5 heteroatoms. The lowest BCUT2D eigenvalue weighted by Crippen LogP contribution is -2.52. The van der Waals surface area contributed by atoms with Crippen LogP contribution >= 0.6 is 11.3 Å². The van der Waals surface area contributed by atoms with Crippen molar-refractivity contribution in [2.45, 2.75) is 18.4 Å². The summed E-state index contributed by atoms with van der Waals surface area (Å²) in [5.74, 6) is 0.474. The van der Waals surface area contributed by atoms with Crippen LogP contribution in [-0.2, 0) is 15.1 Å². The van der Waals surface area contributed by atoms with E-state index >= 15 is 0 Å². The molecule has 0 spiro atoms. The van der Waals surface area contributed by atoms with Crippen molar-refractivity contribution in [2.75, 3.05) is 7.11 Å². The third-order valence-corrected chi connectivity index (χ3v) is 4.45. The van der Waals surface area contributed by atoms with E-state index in [2.05, 4.69) is 5.32 Å². The first-order valence-electron chi connectivity index (χ1n) is 6.64. The molecule has 2 aromatic rings. The number of Topliss-reactive ketones (excluding diaryl/α,β-unsaturated/α-hetero) is 1. The van der Waals surface area contributed by atoms with Crippen LogP contribution in [0, 0.1) is 0 Å². The Labute approximate surface area is 126 Å². The van der Waals surface area contributed by atoms with Gasteiger partial charge in [0, 0.05) is 6.42 Å². The second-order valence-electron chi connectivity index (χ2n) is 5.09. The smallest absolute Gasteiger partial charge is 0.228 e. The number of thiophene rings is 1. The molecule has 1 aromatic heterocycles. The molecule has 1 fully saturated rings. The van der Waals surface area contributed by atoms with Gasteiger partial charge in [-0.2, -0.15) is 11.3 Å². The minimum atomic E-state index is -0.765. The maximum atomic E-state index is 12.0. The maximum absolute atomic E-state index is 12.0. The largest absolute Gasteiger partial charge is 0.497 e. The van der Waals surface area contributed by atoms with Gasteiger partial charge in [-0.1, -0.05) is 12.1 Å². The second-order valence-corrected chi connectivity index (χ2v) is 5.87. The fourth-order valence-electron chi connectivity index (χ4n) is 2.76. The van der Waals surface area contributed by atoms with Crippen molar-refractivity contribution in [2.24, 2.45) is 0 Å². The molecule has 2 heterocycles. The van der Waals surface area contributed by atoms with Gasteiger partial charge in [0.2, 0.25) is 5.91 Å². The molecule has 1 aromatic carbocycles. The number of carbonyl (C=O) groups excluding carboxylic acids is 2. The Hall–Kier alpha value is -2.14. The summed E-state index contributed by atoms with van der Waals surface area (Å²) in [5.41, 5.74) is 1.07. The molecule has 1 saturated heterocycles. The van der Waals surface area contributed by atoms with Gasteiger partial charge in [-0.25, -0.2) is 0 Å². The first kappa shape index (κ1) is 13.8. The molecule has 4 nitrogen and oxygen atoms in total. The van der Waals surface area contributed by atoms with Crippen molar-refractivity contribution < 1.29 is 14.3 Å². The number of hydrogen-bond acceptors (Lipinski definition) is 4. The standard InChI is InChI=1S/C16H15NO3S/c1-20-14-4-2-11(3-5-14)16(12-6-7-21-10-12)9-13(18)8-15(19)17-16/h2-7,10H,8-9H2,1H3,(H,17,19). The number of benzene rings is 1. The Bertz CT molecular complexity index is 645. The fourth-order valence-corrected chi connectivity index (χ4v) is 3.49. The number of methoxy groups -OCH3 is 1. The van der Waals surface area contributed by atoms with Crippen molar-refractivity contribution in [3.05, 3.63) is 52.2 Å². The zero-order valence-electron chi connectivity index (χ0n) is 11.6. The molecule has 0 saturated carbocycles. The normalized spacial score (nSPS) is 22.0. The van der Waals surface area contributed by atoms with Gasteiger partial charge in [-0.3, -0.25) is 9.59 Å². The van der Waals surface area contributed by atoms with Gasteiger partial charge in [-0.05, 0) is 40.1 Å². The van der Waals surface area contributed by atoms with E-state index in [0.717, 1.165) is 16.9 Å². The summed E-state index contributed by atoms with van der Waals surface area (Å²) in [5, 5.41) is 6.95. The van der Waals surface area contributed by atoms with Crippen molar-refractivity contribution in [3.8, 4) is 5.75 Å². The number of piperidine rings is 1. The maximum Gasteiger partial charge on any atom is 0.228 e. The summed E-state index contributed by atoms with van der Waals surface area (Å²) in [7, 11) is 1.61. The minimum absolute atomic E-state index is 0.0396. The lowest BCUT2D eigenvalue weighted by atomic mass is 9.77. The predicted octanol–water partition coefficient (Wildman–Crippen LogP) is 2.48. The van der Waals surface area contributed by atoms with Gasteiger partial charge in [0.05, 0.1) is 19.1 Å². The van der Waals surface area contributed by atoms with Crippen LogP contribution in [0.5, 0.6) is 5.75 Å². The summed E-state index contributed by atoms with van der Waals surface area (Å²) < 4.78 is 5.17. The number of ether oxygens (including phenoxy) is 1. The van der Waals surface area contributed by atoms with Crippen LogP contribution in [0.15, 0.2) is 41.1 Å². The topological polar surface area (TPSA) is 55.4 Å². The highest BCUT2D eigenvalue weighted by Gasteiger charge is 2.42. The van der Waals surface area contributed by atoms with Gasteiger partial charge < -0.3 is 10.1 Å². The van der Waals surface area contributed by atoms with Gasteiger partial charge >= 0.3 is 0 Å². The van der Waals surface area contributed by atoms with Gasteiger partial charge in [0.25, 0.3) is 0 Å². The van der Waals surface area contributed by atoms with Crippen LogP contribution in [0.25, 0.3) is 0 Å². The van der Waals surface area contributed by atoms with Gasteiger partial charge in [0.15, 0.2) is 0 Å². The molecule has 1 N–H and O–H groups in total. The number of ketones is 1. The van der Waals surface area contributed by atoms with Crippen LogP contribution in [0.4, 0.5) is 0 Å². The predicted molar refractivity (Wildman–Crippen MR) is 80.5 cm³/mol. The summed E-state index contributed by atoms with van der Waals surface area (Å²) in [6.45, 7) is 0. The molecule has 0 aliphatic carbocycles. The number of amides is 1. The van der Waals surface area contributed by atoms with E-state index in [9.17, 15) is 9.59 Å². The van der Waals surface area contributed by atoms with Crippen LogP contribution < -0.4 is 10.1 Å². The fraction of sp³-hybridized carbons (Fsp3) is 0.250. The lowest BCUT2D eigenvalue weighted by molar-refractivity contribution is -0.133. The molecule has 0 radical (unpaired) electrons. The van der Waals surface area contributed by atoms with Crippen molar-refractivity contribution >= 4 is 23.0 Å². The highest BCUT2D eigenvalue weighted by molar-refractivity contribution is 7.08. The van der Waals surface area contributed by atoms with E-state index in [1.54, 1.807) is 18.4 Å². The number of nitrogens with one attached hydrogen (secondary N) is 1. The first-order chi connectivity index (χ1) is 10.1. The average Bonchev–Trinajstić information content (AvgIpc) is 3.01. The van der Waals surface area contributed by atoms with Crippen LogP contribution in [-0.4, -0.2) is 18.8 Å². The first-order valence-corrected chi connectivity index (χ1v) is 7.58. The van der Waals surface area contributed by atoms with Gasteiger partial charge in [0.1, 0.15) is 11.5 Å². The Kier molecular flexibility index (Phi) is 3.51. The van der Waals surface area contributed by atoms with Crippen LogP contribution in [0.2, 0.25) is 0 Å². The third kappa shape index (κ3) is 2.45. The molecule has 1 unspecified atom stereocenters. The van der Waals surface area contributed by atoms with Crippen molar-refractivity contribution in [1.82, 2.24) is 5.32 Å². The van der Waals surface area contributed by atoms with E-state index in [-0.39, 0.29) is 24.5 Å². The summed E-state index contributed by atoms with van der Waals surface area (Å²) >= 11 is 1.55. The summed E-state index contributed by atoms with van der Waals surface area (Å²) in [6.07, 6.45) is 0.240. The molecule has 1 atom stereocenters. The molecule has 1 aliphatic rings. The molecule has 1 aliphatic heterocycles. The zero-order chi connectivity index (χ0) is 14.9. The monoisotopic (exact) mass is 301 g/mol. The Morgan fingerprint density at radius 2 is 1.90 bits per heavy atom. The molecule has 0 bridgehead atoms. The number of carbonyl (C=O) groups is 2. The molecule has 1 amide bonds. The lowest BCUT2D eigenvalue weighted by Gasteiger charge is -2.37. The van der Waals surface area contributed by atoms with Crippen molar-refractivity contribution in [1.29, 1.82) is 0 Å². The van der Waals surface area contributed by atoms with E-state index in [4.69, 9.17) is 4.74 Å². The zero-order valence-corrected chi connectivity index (χ0v) is 12.4. The molecule has 108 valence electrons. The number of rotatable bonds is 3. The highest BCUT2D eigenvalue weighted by Crippen LogP contribution is 2.37. The highest BCUT2D eigenvalue weighted by atomic mass is 32.1. The SMILES string of the molecule is COc1ccc(C2(c3ccsc3)CC(=O)CC(=O)N2)cc1. The molecular formula is C16H15NO3S. The van der Waals surface area contributed by atoms with Crippen LogP contribution in [0.3, 0.4) is 0 Å². The van der Waals surface area contributed by atoms with E-state index in [1.165, 1.54) is 0 Å². The quantitative estimate of drug-likeness (QED) is 0.886. The summed E-state index contributed by atoms with van der Waals surface area (Å²) in [6, 6.07) is 9.43. The van der Waals surface area contributed by atoms with Gasteiger partial charge in [-0.15, -0.1) is 0 Å². The molecular weight excluding hydrogens is 286 g/mol. The van der Waals surface area contributed by atoms with Crippen LogP contribution in [0.1, 0.15) is 24.0 Å². The van der Waals surface area contributed by atoms with E-state index < -0.39 is 5.54 Å². The molecule has 3 rings (SSSR count). The Morgan fingerprint density at radius 3 is 2.48 bits per heavy atom. The molecule has 21 heavy (non-hydrogen) atoms. The van der Waals surface area contributed by atoms with E-state index in [0.29, 0.717) is 0 Å². The second kappa shape index (κ2) is 5.33. The average molecular weight is 301 g/mol. The number of hydrogen-bond donors (Lipinski definition) is 1. The summed E-state index contributed by atoms with van der Waals surface area (Å²) in [4.78, 5) is 23.9. The Balaban J connectivity index is 2.11. The van der Waals surface area contributed by atoms with Crippen molar-refractivity contribution in [3.63, 3.8) is 0 Å². The Morgan fingerprint density at radius 1 is 1.14 bits per heavy atom. The van der Waals surface area contributed by atoms with E-state index in [1.807, 2.05) is 41.1 Å². The minimum Gasteiger partial charge on any atom is -0.497 e.